The third-order valence-corrected chi connectivity index (χ3v) is 3.65. The molecule has 0 aromatic carbocycles. The number of hydrogen-bond acceptors (Lipinski definition) is 2. The van der Waals surface area contributed by atoms with E-state index in [9.17, 15) is 4.79 Å². The van der Waals surface area contributed by atoms with Crippen LogP contribution in [0.3, 0.4) is 0 Å². The predicted molar refractivity (Wildman–Crippen MR) is 67.0 cm³/mol. The van der Waals surface area contributed by atoms with Gasteiger partial charge in [0.1, 0.15) is 5.76 Å². The van der Waals surface area contributed by atoms with Crippen LogP contribution < -0.4 is 5.32 Å². The van der Waals surface area contributed by atoms with Crippen LogP contribution in [-0.4, -0.2) is 12.5 Å². The van der Waals surface area contributed by atoms with Crippen molar-refractivity contribution in [3.05, 3.63) is 35.8 Å². The van der Waals surface area contributed by atoms with Crippen molar-refractivity contribution >= 4 is 5.91 Å². The van der Waals surface area contributed by atoms with E-state index in [2.05, 4.69) is 45.2 Å². The molecule has 1 fully saturated rings. The van der Waals surface area contributed by atoms with E-state index in [1.54, 1.807) is 0 Å². The summed E-state index contributed by atoms with van der Waals surface area (Å²) in [5.41, 5.74) is 0.748. The van der Waals surface area contributed by atoms with Crippen LogP contribution >= 0.6 is 0 Å². The van der Waals surface area contributed by atoms with Gasteiger partial charge in [-0.15, -0.1) is 0 Å². The van der Waals surface area contributed by atoms with Crippen LogP contribution in [0.15, 0.2) is 35.8 Å². The van der Waals surface area contributed by atoms with Crippen LogP contribution in [0.1, 0.15) is 27.7 Å². The van der Waals surface area contributed by atoms with Crippen molar-refractivity contribution in [1.82, 2.24) is 5.32 Å². The summed E-state index contributed by atoms with van der Waals surface area (Å²) in [6.07, 6.45) is 8.13. The molecule has 1 atom stereocenters. The zero-order valence-corrected chi connectivity index (χ0v) is 10.8. The van der Waals surface area contributed by atoms with Crippen LogP contribution in [0, 0.1) is 10.8 Å². The summed E-state index contributed by atoms with van der Waals surface area (Å²) >= 11 is 0. The van der Waals surface area contributed by atoms with Gasteiger partial charge in [0.25, 0.3) is 5.91 Å². The van der Waals surface area contributed by atoms with Gasteiger partial charge in [0.05, 0.1) is 5.70 Å². The summed E-state index contributed by atoms with van der Waals surface area (Å²) in [5.74, 6) is 0.674. The minimum atomic E-state index is -0.0961. The van der Waals surface area contributed by atoms with Crippen LogP contribution in [0.5, 0.6) is 0 Å². The van der Waals surface area contributed by atoms with E-state index in [1.807, 2.05) is 12.2 Å². The lowest BCUT2D eigenvalue weighted by atomic mass is 9.67. The minimum Gasteiger partial charge on any atom is -0.482 e. The van der Waals surface area contributed by atoms with Gasteiger partial charge in [-0.25, -0.2) is 0 Å². The second-order valence-electron chi connectivity index (χ2n) is 5.82. The van der Waals surface area contributed by atoms with E-state index >= 15 is 0 Å². The molecule has 1 heterocycles. The number of ether oxygens (including phenoxy) is 1. The maximum absolute atomic E-state index is 11.3. The number of allylic oxidation sites excluding steroid dienone is 4. The van der Waals surface area contributed by atoms with Crippen molar-refractivity contribution in [2.24, 2.45) is 10.8 Å². The molecule has 1 aliphatic carbocycles. The number of hydrogen-bond donors (Lipinski definition) is 1. The average Bonchev–Trinajstić information content (AvgIpc) is 2.36. The molecule has 0 aromatic rings. The summed E-state index contributed by atoms with van der Waals surface area (Å²) in [4.78, 5) is 11.3. The first-order valence-corrected chi connectivity index (χ1v) is 5.87. The molecule has 1 aliphatic heterocycles. The Morgan fingerprint density at radius 2 is 2.12 bits per heavy atom. The van der Waals surface area contributed by atoms with Crippen molar-refractivity contribution in [2.75, 3.05) is 6.61 Å². The molecule has 1 amide bonds. The number of fused-ring (bicyclic) bond motifs is 1. The van der Waals surface area contributed by atoms with Crippen molar-refractivity contribution in [2.45, 2.75) is 27.7 Å². The molecule has 0 radical (unpaired) electrons. The van der Waals surface area contributed by atoms with E-state index in [4.69, 9.17) is 4.74 Å². The number of amides is 1. The van der Waals surface area contributed by atoms with E-state index in [0.29, 0.717) is 0 Å². The Morgan fingerprint density at radius 1 is 1.41 bits per heavy atom. The fraction of sp³-hybridized carbons (Fsp3) is 0.500. The van der Waals surface area contributed by atoms with Gasteiger partial charge in [-0.2, -0.15) is 0 Å². The molecular formula is C14H19NO2. The molecule has 0 bridgehead atoms. The summed E-state index contributed by atoms with van der Waals surface area (Å²) < 4.78 is 5.51. The Kier molecular flexibility index (Phi) is 2.64. The molecule has 1 unspecified atom stereocenters. The van der Waals surface area contributed by atoms with E-state index in [-0.39, 0.29) is 23.3 Å². The Bertz CT molecular complexity index is 438. The largest absolute Gasteiger partial charge is 0.482 e. The fourth-order valence-electron chi connectivity index (χ4n) is 1.84. The van der Waals surface area contributed by atoms with Gasteiger partial charge in [0, 0.05) is 5.41 Å². The lowest BCUT2D eigenvalue weighted by Crippen LogP contribution is -2.35. The van der Waals surface area contributed by atoms with Gasteiger partial charge in [-0.1, -0.05) is 39.8 Å². The van der Waals surface area contributed by atoms with E-state index in [1.165, 1.54) is 0 Å². The van der Waals surface area contributed by atoms with E-state index < -0.39 is 0 Å². The molecular weight excluding hydrogens is 214 g/mol. The number of nitrogens with one attached hydrogen (secondary N) is 1. The Labute approximate surface area is 102 Å². The molecule has 3 heteroatoms. The predicted octanol–water partition coefficient (Wildman–Crippen LogP) is 2.52. The molecule has 92 valence electrons. The van der Waals surface area contributed by atoms with Crippen LogP contribution in [0.25, 0.3) is 0 Å². The first-order valence-electron chi connectivity index (χ1n) is 5.87. The highest BCUT2D eigenvalue weighted by molar-refractivity contribution is 5.81. The smallest absolute Gasteiger partial charge is 0.262 e. The quantitative estimate of drug-likeness (QED) is 0.698. The summed E-state index contributed by atoms with van der Waals surface area (Å²) in [5, 5.41) is 2.83. The number of carbonyl (C=O) groups is 1. The Hall–Kier alpha value is -1.51. The standard InChI is InChI=1S/C14H19NO2/c1-13(2,3)14(4)7-5-6-10-11(8-14)17-9-12(16)15-10/h5-8H,9H2,1-4H3,(H,15,16). The highest BCUT2D eigenvalue weighted by Gasteiger charge is 2.36. The van der Waals surface area contributed by atoms with Gasteiger partial charge < -0.3 is 10.1 Å². The molecule has 1 N–H and O–H groups in total. The summed E-state index contributed by atoms with van der Waals surface area (Å²) in [6, 6.07) is 0. The zero-order valence-electron chi connectivity index (χ0n) is 10.8. The molecule has 0 spiro atoms. The number of carbonyl (C=O) groups excluding carboxylic acids is 1. The third-order valence-electron chi connectivity index (χ3n) is 3.65. The van der Waals surface area contributed by atoms with Gasteiger partial charge in [0.2, 0.25) is 0 Å². The number of morpholine rings is 1. The molecule has 0 aromatic heterocycles. The van der Waals surface area contributed by atoms with Gasteiger partial charge in [0.15, 0.2) is 6.61 Å². The minimum absolute atomic E-state index is 0.0879. The van der Waals surface area contributed by atoms with Crippen LogP contribution in [-0.2, 0) is 9.53 Å². The first kappa shape index (κ1) is 12.0. The maximum Gasteiger partial charge on any atom is 0.262 e. The highest BCUT2D eigenvalue weighted by Crippen LogP contribution is 2.43. The molecule has 17 heavy (non-hydrogen) atoms. The summed E-state index contributed by atoms with van der Waals surface area (Å²) in [7, 11) is 0. The van der Waals surface area contributed by atoms with E-state index in [0.717, 1.165) is 11.5 Å². The lowest BCUT2D eigenvalue weighted by molar-refractivity contribution is -0.125. The van der Waals surface area contributed by atoms with Crippen molar-refractivity contribution < 1.29 is 9.53 Å². The third kappa shape index (κ3) is 2.14. The molecule has 2 rings (SSSR count). The fourth-order valence-corrected chi connectivity index (χ4v) is 1.84. The molecule has 2 aliphatic rings. The van der Waals surface area contributed by atoms with Crippen LogP contribution in [0.4, 0.5) is 0 Å². The molecule has 3 nitrogen and oxygen atoms in total. The van der Waals surface area contributed by atoms with Gasteiger partial charge in [-0.05, 0) is 17.6 Å². The topological polar surface area (TPSA) is 38.3 Å². The monoisotopic (exact) mass is 233 g/mol. The molecule has 1 saturated heterocycles. The highest BCUT2D eigenvalue weighted by atomic mass is 16.5. The second kappa shape index (κ2) is 3.76. The first-order chi connectivity index (χ1) is 7.82. The SMILES string of the molecule is CC(C)(C)C1(C)C=CC=C2NC(=O)COC2=C1. The lowest BCUT2D eigenvalue weighted by Gasteiger charge is -2.37. The van der Waals surface area contributed by atoms with Crippen molar-refractivity contribution in [3.63, 3.8) is 0 Å². The number of rotatable bonds is 0. The molecule has 0 saturated carbocycles. The Morgan fingerprint density at radius 3 is 2.76 bits per heavy atom. The zero-order chi connectivity index (χ0) is 12.7. The van der Waals surface area contributed by atoms with Crippen molar-refractivity contribution in [3.8, 4) is 0 Å². The maximum atomic E-state index is 11.3. The van der Waals surface area contributed by atoms with Crippen molar-refractivity contribution in [1.29, 1.82) is 0 Å². The van der Waals surface area contributed by atoms with Crippen LogP contribution in [0.2, 0.25) is 0 Å². The van der Waals surface area contributed by atoms with Gasteiger partial charge >= 0.3 is 0 Å². The second-order valence-corrected chi connectivity index (χ2v) is 5.82. The summed E-state index contributed by atoms with van der Waals surface area (Å²) in [6.45, 7) is 8.86. The normalized spacial score (nSPS) is 28.4. The Balaban J connectivity index is 2.41. The van der Waals surface area contributed by atoms with Gasteiger partial charge in [-0.3, -0.25) is 4.79 Å². The average molecular weight is 233 g/mol.